The fourth-order valence-corrected chi connectivity index (χ4v) is 3.09. The molecule has 0 bridgehead atoms. The van der Waals surface area contributed by atoms with E-state index in [2.05, 4.69) is 12.2 Å². The van der Waals surface area contributed by atoms with Crippen LogP contribution in [0, 0.1) is 16.0 Å². The molecule has 1 amide bonds. The van der Waals surface area contributed by atoms with Gasteiger partial charge >= 0.3 is 5.97 Å². The Bertz CT molecular complexity index is 679. The minimum Gasteiger partial charge on any atom is -0.449 e. The van der Waals surface area contributed by atoms with Gasteiger partial charge < -0.3 is 10.1 Å². The smallest absolute Gasteiger partial charge is 0.340 e. The van der Waals surface area contributed by atoms with Crippen molar-refractivity contribution in [3.05, 3.63) is 38.9 Å². The molecule has 25 heavy (non-hydrogen) atoms. The van der Waals surface area contributed by atoms with E-state index in [1.54, 1.807) is 0 Å². The molecule has 1 fully saturated rings. The molecule has 0 spiro atoms. The zero-order valence-electron chi connectivity index (χ0n) is 14.2. The van der Waals surface area contributed by atoms with Gasteiger partial charge in [-0.3, -0.25) is 14.9 Å². The number of nitro benzene ring substituents is 1. The van der Waals surface area contributed by atoms with E-state index in [1.165, 1.54) is 19.1 Å². The lowest BCUT2D eigenvalue weighted by Gasteiger charge is -2.30. The number of carbonyl (C=O) groups excluding carboxylic acids is 2. The van der Waals surface area contributed by atoms with Crippen molar-refractivity contribution in [1.29, 1.82) is 0 Å². The third-order valence-electron chi connectivity index (χ3n) is 4.47. The molecule has 8 heteroatoms. The molecule has 1 saturated carbocycles. The maximum absolute atomic E-state index is 12.3. The van der Waals surface area contributed by atoms with Crippen molar-refractivity contribution in [2.24, 2.45) is 5.92 Å². The summed E-state index contributed by atoms with van der Waals surface area (Å²) in [6.45, 7) is 3.55. The Balaban J connectivity index is 2.00. The Hall–Kier alpha value is -2.15. The SMILES string of the molecule is C[C@@H](OC(=O)c1cc([N+](=O)[O-])ccc1Cl)C(=O)N[C@H]1CCCC[C@@H]1C. The maximum Gasteiger partial charge on any atom is 0.340 e. The monoisotopic (exact) mass is 368 g/mol. The molecule has 0 unspecified atom stereocenters. The maximum atomic E-state index is 12.3. The standard InChI is InChI=1S/C17H21ClN2O5/c1-10-5-3-4-6-15(10)19-16(21)11(2)25-17(22)13-9-12(20(23)24)7-8-14(13)18/h7-11,15H,3-6H2,1-2H3,(H,19,21)/t10-,11+,15-/m0/s1. The summed E-state index contributed by atoms with van der Waals surface area (Å²) in [5, 5.41) is 13.8. The molecule has 7 nitrogen and oxygen atoms in total. The summed E-state index contributed by atoms with van der Waals surface area (Å²) < 4.78 is 5.13. The van der Waals surface area contributed by atoms with E-state index in [9.17, 15) is 19.7 Å². The second-order valence-electron chi connectivity index (χ2n) is 6.35. The van der Waals surface area contributed by atoms with Gasteiger partial charge in [0.05, 0.1) is 15.5 Å². The van der Waals surface area contributed by atoms with Gasteiger partial charge in [0.1, 0.15) is 0 Å². The number of carbonyl (C=O) groups is 2. The predicted molar refractivity (Wildman–Crippen MR) is 92.5 cm³/mol. The van der Waals surface area contributed by atoms with Crippen LogP contribution in [-0.4, -0.2) is 28.9 Å². The molecule has 1 N–H and O–H groups in total. The van der Waals surface area contributed by atoms with Crippen LogP contribution in [0.5, 0.6) is 0 Å². The number of halogens is 1. The van der Waals surface area contributed by atoms with E-state index in [-0.39, 0.29) is 28.2 Å². The molecule has 0 heterocycles. The molecule has 1 aliphatic rings. The Morgan fingerprint density at radius 2 is 2.04 bits per heavy atom. The van der Waals surface area contributed by atoms with E-state index in [0.717, 1.165) is 31.7 Å². The average molecular weight is 369 g/mol. The number of nitrogens with zero attached hydrogens (tertiary/aromatic N) is 1. The number of esters is 1. The van der Waals surface area contributed by atoms with Gasteiger partial charge in [-0.15, -0.1) is 0 Å². The van der Waals surface area contributed by atoms with Crippen LogP contribution in [0.3, 0.4) is 0 Å². The topological polar surface area (TPSA) is 98.5 Å². The number of benzene rings is 1. The van der Waals surface area contributed by atoms with Crippen molar-refractivity contribution in [2.45, 2.75) is 51.7 Å². The van der Waals surface area contributed by atoms with E-state index in [1.807, 2.05) is 0 Å². The minimum absolute atomic E-state index is 0.0316. The first-order valence-corrected chi connectivity index (χ1v) is 8.62. The number of ether oxygens (including phenoxy) is 1. The summed E-state index contributed by atoms with van der Waals surface area (Å²) in [7, 11) is 0. The first-order valence-electron chi connectivity index (χ1n) is 8.25. The predicted octanol–water partition coefficient (Wildman–Crippen LogP) is 3.49. The van der Waals surface area contributed by atoms with Crippen LogP contribution >= 0.6 is 11.6 Å². The zero-order valence-corrected chi connectivity index (χ0v) is 14.9. The lowest BCUT2D eigenvalue weighted by atomic mass is 9.86. The van der Waals surface area contributed by atoms with Crippen molar-refractivity contribution in [3.8, 4) is 0 Å². The molecule has 0 saturated heterocycles. The summed E-state index contributed by atoms with van der Waals surface area (Å²) in [6.07, 6.45) is 3.17. The number of hydrogen-bond acceptors (Lipinski definition) is 5. The number of nitrogens with one attached hydrogen (secondary N) is 1. The first kappa shape index (κ1) is 19.2. The fourth-order valence-electron chi connectivity index (χ4n) is 2.89. The lowest BCUT2D eigenvalue weighted by molar-refractivity contribution is -0.384. The van der Waals surface area contributed by atoms with Gasteiger partial charge in [0.2, 0.25) is 0 Å². The number of amides is 1. The van der Waals surface area contributed by atoms with Gasteiger partial charge in [-0.25, -0.2) is 4.79 Å². The second-order valence-corrected chi connectivity index (χ2v) is 6.75. The van der Waals surface area contributed by atoms with E-state index < -0.39 is 17.0 Å². The molecule has 136 valence electrons. The number of rotatable bonds is 5. The van der Waals surface area contributed by atoms with Crippen molar-refractivity contribution < 1.29 is 19.2 Å². The third kappa shape index (κ3) is 4.92. The average Bonchev–Trinajstić information content (AvgIpc) is 2.56. The van der Waals surface area contributed by atoms with Crippen LogP contribution in [0.4, 0.5) is 5.69 Å². The van der Waals surface area contributed by atoms with Crippen LogP contribution in [0.25, 0.3) is 0 Å². The highest BCUT2D eigenvalue weighted by Gasteiger charge is 2.27. The minimum atomic E-state index is -1.02. The summed E-state index contributed by atoms with van der Waals surface area (Å²) >= 11 is 5.91. The van der Waals surface area contributed by atoms with Gasteiger partial charge in [0.25, 0.3) is 11.6 Å². The summed E-state index contributed by atoms with van der Waals surface area (Å²) in [5.41, 5.74) is -0.411. The normalized spacial score (nSPS) is 21.2. The third-order valence-corrected chi connectivity index (χ3v) is 4.80. The van der Waals surface area contributed by atoms with Crippen molar-refractivity contribution in [1.82, 2.24) is 5.32 Å². The van der Waals surface area contributed by atoms with Crippen LogP contribution in [-0.2, 0) is 9.53 Å². The number of non-ortho nitro benzene ring substituents is 1. The molecule has 2 rings (SSSR count). The van der Waals surface area contributed by atoms with E-state index in [0.29, 0.717) is 5.92 Å². The molecule has 0 radical (unpaired) electrons. The number of nitro groups is 1. The Morgan fingerprint density at radius 1 is 1.36 bits per heavy atom. The van der Waals surface area contributed by atoms with Crippen LogP contribution in [0.2, 0.25) is 5.02 Å². The van der Waals surface area contributed by atoms with Gasteiger partial charge in [0.15, 0.2) is 6.10 Å². The summed E-state index contributed by atoms with van der Waals surface area (Å²) in [5.74, 6) is -0.867. The van der Waals surface area contributed by atoms with E-state index in [4.69, 9.17) is 16.3 Å². The molecule has 1 aromatic rings. The van der Waals surface area contributed by atoms with Gasteiger partial charge in [-0.05, 0) is 31.7 Å². The first-order chi connectivity index (χ1) is 11.8. The Morgan fingerprint density at radius 3 is 2.68 bits per heavy atom. The van der Waals surface area contributed by atoms with Gasteiger partial charge in [0, 0.05) is 18.2 Å². The molecular weight excluding hydrogens is 348 g/mol. The molecule has 1 aliphatic carbocycles. The second kappa shape index (κ2) is 8.29. The summed E-state index contributed by atoms with van der Waals surface area (Å²) in [4.78, 5) is 34.6. The van der Waals surface area contributed by atoms with Crippen molar-refractivity contribution in [3.63, 3.8) is 0 Å². The fraction of sp³-hybridized carbons (Fsp3) is 0.529. The largest absolute Gasteiger partial charge is 0.449 e. The lowest BCUT2D eigenvalue weighted by Crippen LogP contribution is -2.46. The van der Waals surface area contributed by atoms with Crippen LogP contribution in [0.1, 0.15) is 49.9 Å². The number of hydrogen-bond donors (Lipinski definition) is 1. The molecule has 0 aromatic heterocycles. The van der Waals surface area contributed by atoms with Crippen molar-refractivity contribution >= 4 is 29.2 Å². The quantitative estimate of drug-likeness (QED) is 0.487. The highest BCUT2D eigenvalue weighted by Crippen LogP contribution is 2.25. The zero-order chi connectivity index (χ0) is 18.6. The summed E-state index contributed by atoms with van der Waals surface area (Å²) in [6, 6.07) is 3.56. The highest BCUT2D eigenvalue weighted by atomic mass is 35.5. The molecular formula is C17H21ClN2O5. The molecule has 1 aromatic carbocycles. The van der Waals surface area contributed by atoms with Gasteiger partial charge in [-0.1, -0.05) is 31.4 Å². The van der Waals surface area contributed by atoms with E-state index >= 15 is 0 Å². The van der Waals surface area contributed by atoms with Crippen LogP contribution in [0.15, 0.2) is 18.2 Å². The highest BCUT2D eigenvalue weighted by molar-refractivity contribution is 6.33. The van der Waals surface area contributed by atoms with Crippen LogP contribution < -0.4 is 5.32 Å². The van der Waals surface area contributed by atoms with Gasteiger partial charge in [-0.2, -0.15) is 0 Å². The van der Waals surface area contributed by atoms with Crippen molar-refractivity contribution in [2.75, 3.05) is 0 Å². The molecule has 0 aliphatic heterocycles. The Labute approximate surface area is 150 Å². The molecule has 3 atom stereocenters. The Kier molecular flexibility index (Phi) is 6.36.